The van der Waals surface area contributed by atoms with Crippen molar-refractivity contribution in [3.05, 3.63) is 0 Å². The van der Waals surface area contributed by atoms with Crippen molar-refractivity contribution in [2.75, 3.05) is 6.54 Å². The fourth-order valence-corrected chi connectivity index (χ4v) is 5.75. The third-order valence-corrected chi connectivity index (χ3v) is 8.05. The molecule has 198 valence electrons. The number of amides is 3. The van der Waals surface area contributed by atoms with Crippen LogP contribution < -0.4 is 21.7 Å². The van der Waals surface area contributed by atoms with Gasteiger partial charge in [0.15, 0.2) is 0 Å². The molecule has 1 aliphatic carbocycles. The van der Waals surface area contributed by atoms with Crippen molar-refractivity contribution in [3.8, 4) is 0 Å². The number of carbonyl (C=O) groups is 5. The summed E-state index contributed by atoms with van der Waals surface area (Å²) < 4.78 is 0. The number of alkyl halides is 3. The number of nitrogens with one attached hydrogen (secondary N) is 3. The van der Waals surface area contributed by atoms with Gasteiger partial charge in [-0.3, -0.25) is 24.0 Å². The number of nitrogens with two attached hydrogens (primary N) is 1. The van der Waals surface area contributed by atoms with Crippen molar-refractivity contribution in [2.45, 2.75) is 72.5 Å². The fraction of sp³-hybridized carbons (Fsp3) is 0.750. The van der Waals surface area contributed by atoms with Crippen molar-refractivity contribution in [1.29, 1.82) is 0 Å². The predicted octanol–water partition coefficient (Wildman–Crippen LogP) is -1.04. The van der Waals surface area contributed by atoms with Gasteiger partial charge in [-0.15, -0.1) is 34.8 Å². The Hall–Kier alpha value is -1.86. The first-order valence-electron chi connectivity index (χ1n) is 11.0. The molecule has 3 amide bonds. The van der Waals surface area contributed by atoms with Crippen molar-refractivity contribution >= 4 is 64.5 Å². The molecule has 8 N–H and O–H groups in total. The number of carboxylic acid groups (broad SMARTS) is 2. The lowest BCUT2D eigenvalue weighted by Gasteiger charge is -2.24. The molecule has 1 heterocycles. The zero-order chi connectivity index (χ0) is 26.7. The number of aliphatic carboxylic acids is 2. The zero-order valence-corrected chi connectivity index (χ0v) is 21.0. The lowest BCUT2D eigenvalue weighted by molar-refractivity contribution is -0.141. The Balaban J connectivity index is 2.22. The van der Waals surface area contributed by atoms with E-state index in [2.05, 4.69) is 16.0 Å². The number of aliphatic hydroxyl groups excluding tert-OH is 1. The summed E-state index contributed by atoms with van der Waals surface area (Å²) in [5.74, 6) is -7.84. The first kappa shape index (κ1) is 29.4. The van der Waals surface area contributed by atoms with Crippen LogP contribution in [0.5, 0.6) is 0 Å². The van der Waals surface area contributed by atoms with Gasteiger partial charge < -0.3 is 37.0 Å². The summed E-state index contributed by atoms with van der Waals surface area (Å²) >= 11 is 18.9. The normalized spacial score (nSPS) is 32.9. The van der Waals surface area contributed by atoms with E-state index >= 15 is 0 Å². The molecule has 2 rings (SSSR count). The minimum absolute atomic E-state index is 0.0149. The molecule has 1 saturated carbocycles. The topological polar surface area (TPSA) is 208 Å². The predicted molar refractivity (Wildman–Crippen MR) is 125 cm³/mol. The lowest BCUT2D eigenvalue weighted by atomic mass is 10.0. The van der Waals surface area contributed by atoms with Gasteiger partial charge in [0.2, 0.25) is 17.7 Å². The number of hydrogen-bond acceptors (Lipinski definition) is 7. The number of carbonyl (C=O) groups excluding carboxylic acids is 3. The quantitative estimate of drug-likeness (QED) is 0.154. The summed E-state index contributed by atoms with van der Waals surface area (Å²) in [5, 5.41) is 33.4. The highest BCUT2D eigenvalue weighted by Crippen LogP contribution is 2.63. The van der Waals surface area contributed by atoms with Crippen LogP contribution in [-0.4, -0.2) is 91.4 Å². The van der Waals surface area contributed by atoms with E-state index < -0.39 is 87.8 Å². The van der Waals surface area contributed by atoms with Gasteiger partial charge >= 0.3 is 11.9 Å². The first-order valence-corrected chi connectivity index (χ1v) is 12.2. The Kier molecular flexibility index (Phi) is 10.0. The summed E-state index contributed by atoms with van der Waals surface area (Å²) in [5.41, 5.74) is 5.74. The SMILES string of the molecule is CCCC(Cl)C1(Cl)C(C(=O)NC(CC(=O)O)C(=O)NC2C(=O)NCC(N)CC2O)C1C(Cl)C(=O)O. The van der Waals surface area contributed by atoms with Crippen LogP contribution in [0, 0.1) is 11.8 Å². The maximum atomic E-state index is 13.1. The summed E-state index contributed by atoms with van der Waals surface area (Å²) in [4.78, 5) is 59.4. The average molecular weight is 560 g/mol. The Labute approximate surface area is 216 Å². The van der Waals surface area contributed by atoms with E-state index in [1.54, 1.807) is 0 Å². The van der Waals surface area contributed by atoms with E-state index in [9.17, 15) is 39.3 Å². The first-order chi connectivity index (χ1) is 16.2. The third-order valence-electron chi connectivity index (χ3n) is 6.15. The van der Waals surface area contributed by atoms with Gasteiger partial charge in [0.25, 0.3) is 0 Å². The molecule has 0 spiro atoms. The minimum atomic E-state index is -1.67. The summed E-state index contributed by atoms with van der Waals surface area (Å²) in [7, 11) is 0. The number of hydrogen-bond donors (Lipinski definition) is 7. The van der Waals surface area contributed by atoms with Crippen molar-refractivity contribution in [1.82, 2.24) is 16.0 Å². The van der Waals surface area contributed by atoms with E-state index in [-0.39, 0.29) is 13.0 Å². The Morgan fingerprint density at radius 3 is 2.43 bits per heavy atom. The van der Waals surface area contributed by atoms with Crippen molar-refractivity contribution in [2.24, 2.45) is 17.6 Å². The molecule has 12 nitrogen and oxygen atoms in total. The van der Waals surface area contributed by atoms with Crippen LogP contribution in [0.2, 0.25) is 0 Å². The smallest absolute Gasteiger partial charge is 0.321 e. The molecular weight excluding hydrogens is 531 g/mol. The maximum Gasteiger partial charge on any atom is 0.321 e. The van der Waals surface area contributed by atoms with Gasteiger partial charge in [-0.25, -0.2) is 0 Å². The molecule has 0 bridgehead atoms. The maximum absolute atomic E-state index is 13.1. The molecule has 1 aliphatic heterocycles. The molecular formula is C20H29Cl3N4O8. The number of halogens is 3. The molecule has 2 fully saturated rings. The summed E-state index contributed by atoms with van der Waals surface area (Å²) in [6, 6.07) is -3.66. The monoisotopic (exact) mass is 558 g/mol. The van der Waals surface area contributed by atoms with Crippen LogP contribution in [0.15, 0.2) is 0 Å². The molecule has 0 aromatic carbocycles. The van der Waals surface area contributed by atoms with Crippen LogP contribution in [0.25, 0.3) is 0 Å². The van der Waals surface area contributed by atoms with Gasteiger partial charge in [-0.05, 0) is 12.8 Å². The zero-order valence-electron chi connectivity index (χ0n) is 18.7. The standard InChI is InChI=1S/C20H29Cl3N4O8/c1-2-3-10(21)20(23)12(14(22)19(34)35)13(20)17(32)26-8(5-11(29)30)16(31)27-15-9(28)4-7(24)6-25-18(15)33/h7-10,12-15,28H,2-6,24H2,1H3,(H,25,33)(H,26,32)(H,27,31)(H,29,30)(H,34,35). The molecule has 0 aromatic heterocycles. The highest BCUT2D eigenvalue weighted by Gasteiger charge is 2.73. The van der Waals surface area contributed by atoms with Crippen molar-refractivity contribution < 1.29 is 39.3 Å². The summed E-state index contributed by atoms with van der Waals surface area (Å²) in [6.45, 7) is 1.88. The molecule has 15 heteroatoms. The van der Waals surface area contributed by atoms with E-state index in [0.717, 1.165) is 0 Å². The third kappa shape index (κ3) is 6.67. The second-order valence-electron chi connectivity index (χ2n) is 8.78. The molecule has 35 heavy (non-hydrogen) atoms. The van der Waals surface area contributed by atoms with Crippen LogP contribution in [0.3, 0.4) is 0 Å². The lowest BCUT2D eigenvalue weighted by Crippen LogP contribution is -2.57. The van der Waals surface area contributed by atoms with Gasteiger partial charge in [0.1, 0.15) is 17.5 Å². The Morgan fingerprint density at radius 2 is 1.89 bits per heavy atom. The van der Waals surface area contributed by atoms with E-state index in [1.807, 2.05) is 6.92 Å². The Morgan fingerprint density at radius 1 is 1.26 bits per heavy atom. The fourth-order valence-electron chi connectivity index (χ4n) is 4.30. The van der Waals surface area contributed by atoms with Gasteiger partial charge in [-0.2, -0.15) is 0 Å². The molecule has 1 saturated heterocycles. The van der Waals surface area contributed by atoms with Gasteiger partial charge in [0.05, 0.1) is 28.7 Å². The molecule has 0 radical (unpaired) electrons. The van der Waals surface area contributed by atoms with E-state index in [0.29, 0.717) is 12.8 Å². The average Bonchev–Trinajstić information content (AvgIpc) is 3.42. The number of rotatable bonds is 11. The molecule has 9 atom stereocenters. The second-order valence-corrected chi connectivity index (χ2v) is 10.4. The molecule has 9 unspecified atom stereocenters. The summed E-state index contributed by atoms with van der Waals surface area (Å²) in [6.07, 6.45) is -1.29. The van der Waals surface area contributed by atoms with Crippen LogP contribution >= 0.6 is 34.8 Å². The second kappa shape index (κ2) is 11.9. The minimum Gasteiger partial charge on any atom is -0.481 e. The largest absolute Gasteiger partial charge is 0.481 e. The van der Waals surface area contributed by atoms with Crippen LogP contribution in [0.4, 0.5) is 0 Å². The highest BCUT2D eigenvalue weighted by molar-refractivity contribution is 6.39. The van der Waals surface area contributed by atoms with Crippen molar-refractivity contribution in [3.63, 3.8) is 0 Å². The van der Waals surface area contributed by atoms with Gasteiger partial charge in [-0.1, -0.05) is 13.3 Å². The van der Waals surface area contributed by atoms with Crippen LogP contribution in [0.1, 0.15) is 32.6 Å². The highest BCUT2D eigenvalue weighted by atomic mass is 35.5. The van der Waals surface area contributed by atoms with Gasteiger partial charge in [0, 0.05) is 18.5 Å². The molecule has 2 aliphatic rings. The number of aliphatic hydroxyl groups is 1. The number of carboxylic acids is 2. The molecule has 0 aromatic rings. The van der Waals surface area contributed by atoms with Crippen LogP contribution in [-0.2, 0) is 24.0 Å². The Bertz CT molecular complexity index is 864. The van der Waals surface area contributed by atoms with E-state index in [1.165, 1.54) is 0 Å². The van der Waals surface area contributed by atoms with E-state index in [4.69, 9.17) is 40.5 Å².